The fourth-order valence-corrected chi connectivity index (χ4v) is 0.948. The molecule has 1 aromatic rings. The first-order chi connectivity index (χ1) is 6.09. The minimum Gasteiger partial charge on any atom is -0.475 e. The molecule has 0 saturated carbocycles. The zero-order chi connectivity index (χ0) is 9.84. The second-order valence-electron chi connectivity index (χ2n) is 3.42. The first-order valence-corrected chi connectivity index (χ1v) is 4.39. The molecule has 1 aromatic heterocycles. The van der Waals surface area contributed by atoms with Crippen LogP contribution in [-0.4, -0.2) is 25.2 Å². The van der Waals surface area contributed by atoms with Crippen molar-refractivity contribution in [2.45, 2.75) is 20.0 Å². The van der Waals surface area contributed by atoms with Crippen molar-refractivity contribution in [3.63, 3.8) is 0 Å². The van der Waals surface area contributed by atoms with Crippen LogP contribution in [0.15, 0.2) is 18.3 Å². The lowest BCUT2D eigenvalue weighted by atomic mass is 10.4. The maximum Gasteiger partial charge on any atom is 0.213 e. The Labute approximate surface area is 79.3 Å². The highest BCUT2D eigenvalue weighted by Gasteiger charge is 1.99. The fraction of sp³-hybridized carbons (Fsp3) is 0.500. The van der Waals surface area contributed by atoms with Crippen LogP contribution in [0.4, 0.5) is 5.69 Å². The number of ether oxygens (including phenoxy) is 1. The molecule has 0 saturated heterocycles. The summed E-state index contributed by atoms with van der Waals surface area (Å²) in [6.45, 7) is 3.98. The quantitative estimate of drug-likeness (QED) is 0.710. The van der Waals surface area contributed by atoms with Crippen molar-refractivity contribution >= 4 is 5.69 Å². The van der Waals surface area contributed by atoms with Gasteiger partial charge in [-0.25, -0.2) is 4.98 Å². The third-order valence-electron chi connectivity index (χ3n) is 1.59. The zero-order valence-corrected chi connectivity index (χ0v) is 8.61. The van der Waals surface area contributed by atoms with Crippen molar-refractivity contribution in [3.8, 4) is 5.88 Å². The summed E-state index contributed by atoms with van der Waals surface area (Å²) in [5, 5.41) is 0. The van der Waals surface area contributed by atoms with E-state index in [9.17, 15) is 0 Å². The molecule has 1 rings (SSSR count). The summed E-state index contributed by atoms with van der Waals surface area (Å²) in [7, 11) is 3.97. The van der Waals surface area contributed by atoms with Gasteiger partial charge in [0.1, 0.15) is 0 Å². The van der Waals surface area contributed by atoms with Gasteiger partial charge in [-0.1, -0.05) is 0 Å². The van der Waals surface area contributed by atoms with Gasteiger partial charge >= 0.3 is 0 Å². The number of rotatable bonds is 3. The Bertz CT molecular complexity index is 254. The van der Waals surface area contributed by atoms with Crippen LogP contribution >= 0.6 is 0 Å². The van der Waals surface area contributed by atoms with E-state index in [2.05, 4.69) is 4.98 Å². The molecule has 0 unspecified atom stereocenters. The highest BCUT2D eigenvalue weighted by atomic mass is 16.5. The Balaban J connectivity index is 2.70. The van der Waals surface area contributed by atoms with E-state index in [1.807, 2.05) is 45.0 Å². The van der Waals surface area contributed by atoms with E-state index in [4.69, 9.17) is 4.74 Å². The van der Waals surface area contributed by atoms with Gasteiger partial charge in [-0.15, -0.1) is 0 Å². The third-order valence-corrected chi connectivity index (χ3v) is 1.59. The summed E-state index contributed by atoms with van der Waals surface area (Å²) in [4.78, 5) is 6.18. The Morgan fingerprint density at radius 3 is 2.38 bits per heavy atom. The molecule has 0 N–H and O–H groups in total. The van der Waals surface area contributed by atoms with Crippen molar-refractivity contribution < 1.29 is 4.74 Å². The Hall–Kier alpha value is -1.25. The second kappa shape index (κ2) is 4.12. The second-order valence-corrected chi connectivity index (χ2v) is 3.42. The van der Waals surface area contributed by atoms with Crippen molar-refractivity contribution in [2.75, 3.05) is 19.0 Å². The van der Waals surface area contributed by atoms with Crippen LogP contribution in [0.25, 0.3) is 0 Å². The largest absolute Gasteiger partial charge is 0.475 e. The first-order valence-electron chi connectivity index (χ1n) is 4.39. The van der Waals surface area contributed by atoms with Gasteiger partial charge in [0.05, 0.1) is 18.0 Å². The molecule has 0 aliphatic heterocycles. The number of pyridine rings is 1. The van der Waals surface area contributed by atoms with Crippen LogP contribution in [0.2, 0.25) is 0 Å². The Kier molecular flexibility index (Phi) is 3.12. The molecule has 3 nitrogen and oxygen atoms in total. The molecule has 0 fully saturated rings. The Morgan fingerprint density at radius 2 is 2.00 bits per heavy atom. The van der Waals surface area contributed by atoms with Gasteiger partial charge in [0.25, 0.3) is 0 Å². The van der Waals surface area contributed by atoms with Crippen molar-refractivity contribution in [1.29, 1.82) is 0 Å². The van der Waals surface area contributed by atoms with E-state index in [-0.39, 0.29) is 6.10 Å². The van der Waals surface area contributed by atoms with Gasteiger partial charge in [0.2, 0.25) is 5.88 Å². The number of hydrogen-bond acceptors (Lipinski definition) is 3. The van der Waals surface area contributed by atoms with E-state index in [0.29, 0.717) is 5.88 Å². The lowest BCUT2D eigenvalue weighted by Gasteiger charge is -2.13. The summed E-state index contributed by atoms with van der Waals surface area (Å²) < 4.78 is 5.42. The highest BCUT2D eigenvalue weighted by Crippen LogP contribution is 2.14. The molecule has 0 radical (unpaired) electrons. The van der Waals surface area contributed by atoms with Crippen LogP contribution in [-0.2, 0) is 0 Å². The molecular formula is C10H16N2O. The number of aromatic nitrogens is 1. The normalized spacial score (nSPS) is 10.2. The van der Waals surface area contributed by atoms with Crippen molar-refractivity contribution in [1.82, 2.24) is 4.98 Å². The van der Waals surface area contributed by atoms with Gasteiger partial charge in [-0.05, 0) is 19.9 Å². The minimum absolute atomic E-state index is 0.178. The monoisotopic (exact) mass is 180 g/mol. The first kappa shape index (κ1) is 9.84. The molecule has 0 spiro atoms. The highest BCUT2D eigenvalue weighted by molar-refractivity contribution is 5.43. The molecule has 1 heterocycles. The molecule has 72 valence electrons. The van der Waals surface area contributed by atoms with Crippen LogP contribution in [0.5, 0.6) is 5.88 Å². The van der Waals surface area contributed by atoms with E-state index in [1.165, 1.54) is 0 Å². The molecule has 13 heavy (non-hydrogen) atoms. The lowest BCUT2D eigenvalue weighted by Crippen LogP contribution is -2.10. The van der Waals surface area contributed by atoms with Gasteiger partial charge in [-0.3, -0.25) is 0 Å². The third kappa shape index (κ3) is 2.93. The van der Waals surface area contributed by atoms with E-state index in [0.717, 1.165) is 5.69 Å². The van der Waals surface area contributed by atoms with E-state index >= 15 is 0 Å². The maximum atomic E-state index is 5.42. The van der Waals surface area contributed by atoms with E-state index < -0.39 is 0 Å². The smallest absolute Gasteiger partial charge is 0.213 e. The van der Waals surface area contributed by atoms with Crippen LogP contribution in [0.3, 0.4) is 0 Å². The molecule has 0 atom stereocenters. The summed E-state index contributed by atoms with van der Waals surface area (Å²) in [5.41, 5.74) is 1.08. The van der Waals surface area contributed by atoms with Gasteiger partial charge < -0.3 is 9.64 Å². The average molecular weight is 180 g/mol. The SMILES string of the molecule is CC(C)Oc1ccc(N(C)C)cn1. The van der Waals surface area contributed by atoms with E-state index in [1.54, 1.807) is 6.20 Å². The van der Waals surface area contributed by atoms with Crippen LogP contribution in [0, 0.1) is 0 Å². The molecule has 0 bridgehead atoms. The molecular weight excluding hydrogens is 164 g/mol. The molecule has 0 aliphatic rings. The number of anilines is 1. The molecule has 0 amide bonds. The standard InChI is InChI=1S/C10H16N2O/c1-8(2)13-10-6-5-9(7-11-10)12(3)4/h5-8H,1-4H3. The topological polar surface area (TPSA) is 25.4 Å². The van der Waals surface area contributed by atoms with Crippen molar-refractivity contribution in [2.24, 2.45) is 0 Å². The summed E-state index contributed by atoms with van der Waals surface area (Å²) >= 11 is 0. The molecule has 0 aliphatic carbocycles. The predicted molar refractivity (Wildman–Crippen MR) is 54.3 cm³/mol. The number of nitrogens with zero attached hydrogens (tertiary/aromatic N) is 2. The van der Waals surface area contributed by atoms with Crippen molar-refractivity contribution in [3.05, 3.63) is 18.3 Å². The number of hydrogen-bond donors (Lipinski definition) is 0. The molecule has 3 heteroatoms. The Morgan fingerprint density at radius 1 is 1.31 bits per heavy atom. The average Bonchev–Trinajstić information content (AvgIpc) is 2.04. The summed E-state index contributed by atoms with van der Waals surface area (Å²) in [5.74, 6) is 0.681. The van der Waals surface area contributed by atoms with Gasteiger partial charge in [0, 0.05) is 20.2 Å². The summed E-state index contributed by atoms with van der Waals surface area (Å²) in [6, 6.07) is 3.88. The predicted octanol–water partition coefficient (Wildman–Crippen LogP) is 1.93. The van der Waals surface area contributed by atoms with Gasteiger partial charge in [-0.2, -0.15) is 0 Å². The van der Waals surface area contributed by atoms with Gasteiger partial charge in [0.15, 0.2) is 0 Å². The zero-order valence-electron chi connectivity index (χ0n) is 8.61. The fourth-order valence-electron chi connectivity index (χ4n) is 0.948. The maximum absolute atomic E-state index is 5.42. The minimum atomic E-state index is 0.178. The van der Waals surface area contributed by atoms with Crippen LogP contribution < -0.4 is 9.64 Å². The van der Waals surface area contributed by atoms with Crippen LogP contribution in [0.1, 0.15) is 13.8 Å². The lowest BCUT2D eigenvalue weighted by molar-refractivity contribution is 0.232. The summed E-state index contributed by atoms with van der Waals surface area (Å²) in [6.07, 6.45) is 1.98. The molecule has 0 aromatic carbocycles.